The highest BCUT2D eigenvalue weighted by atomic mass is 35.5. The zero-order valence-electron chi connectivity index (χ0n) is 14.6. The number of amides is 2. The first-order valence-corrected chi connectivity index (χ1v) is 9.17. The summed E-state index contributed by atoms with van der Waals surface area (Å²) in [6.45, 7) is 2.73. The number of carbonyl (C=O) groups is 1. The number of benzene rings is 1. The van der Waals surface area contributed by atoms with Crippen molar-refractivity contribution in [1.82, 2.24) is 9.88 Å². The second kappa shape index (κ2) is 6.96. The number of carbonyl (C=O) groups excluding carboxylic acids is 1. The lowest BCUT2D eigenvalue weighted by molar-refractivity contribution is 0.227. The molecule has 2 aromatic rings. The van der Waals surface area contributed by atoms with Crippen LogP contribution in [0, 0.1) is 0 Å². The summed E-state index contributed by atoms with van der Waals surface area (Å²) in [4.78, 5) is 19.1. The molecule has 2 aliphatic rings. The van der Waals surface area contributed by atoms with E-state index < -0.39 is 0 Å². The Balaban J connectivity index is 1.60. The maximum absolute atomic E-state index is 12.9. The molecule has 0 bridgehead atoms. The molecule has 1 N–H and O–H groups in total. The molecule has 0 atom stereocenters. The zero-order chi connectivity index (χ0) is 18.1. The Hall–Kier alpha value is -2.59. The van der Waals surface area contributed by atoms with Gasteiger partial charge in [-0.2, -0.15) is 0 Å². The van der Waals surface area contributed by atoms with Gasteiger partial charge >= 0.3 is 6.03 Å². The molecule has 1 aromatic carbocycles. The number of hydrogen-bond donors (Lipinski definition) is 1. The van der Waals surface area contributed by atoms with E-state index in [2.05, 4.69) is 16.4 Å². The van der Waals surface area contributed by atoms with Crippen LogP contribution >= 0.6 is 11.6 Å². The number of urea groups is 1. The Labute approximate surface area is 157 Å². The molecule has 1 aliphatic heterocycles. The van der Waals surface area contributed by atoms with E-state index in [9.17, 15) is 4.79 Å². The van der Waals surface area contributed by atoms with Gasteiger partial charge in [-0.05, 0) is 55.2 Å². The predicted octanol–water partition coefficient (Wildman–Crippen LogP) is 5.59. The molecule has 132 valence electrons. The summed E-state index contributed by atoms with van der Waals surface area (Å²) in [5, 5.41) is 4.77. The number of pyridine rings is 1. The largest absolute Gasteiger partial charge is 0.326 e. The lowest BCUT2D eigenvalue weighted by Crippen LogP contribution is -2.32. The molecule has 1 aromatic heterocycles. The fraction of sp³-hybridized carbons (Fsp3) is 0.238. The summed E-state index contributed by atoms with van der Waals surface area (Å²) in [5.41, 5.74) is 5.14. The van der Waals surface area contributed by atoms with Crippen molar-refractivity contribution in [1.29, 1.82) is 0 Å². The number of rotatable bonds is 1. The van der Waals surface area contributed by atoms with Crippen molar-refractivity contribution in [2.75, 3.05) is 11.9 Å². The first kappa shape index (κ1) is 16.9. The van der Waals surface area contributed by atoms with Gasteiger partial charge in [0.05, 0.1) is 11.2 Å². The number of allylic oxidation sites excluding steroid dienone is 4. The van der Waals surface area contributed by atoms with Gasteiger partial charge in [-0.15, -0.1) is 0 Å². The third kappa shape index (κ3) is 3.13. The fourth-order valence-electron chi connectivity index (χ4n) is 3.53. The number of nitrogens with one attached hydrogen (secondary N) is 1. The van der Waals surface area contributed by atoms with E-state index in [-0.39, 0.29) is 6.03 Å². The first-order chi connectivity index (χ1) is 12.6. The molecule has 26 heavy (non-hydrogen) atoms. The Morgan fingerprint density at radius 1 is 1.19 bits per heavy atom. The Bertz CT molecular complexity index is 969. The lowest BCUT2D eigenvalue weighted by Gasteiger charge is -2.22. The average Bonchev–Trinajstić information content (AvgIpc) is 3.06. The molecule has 4 rings (SSSR count). The van der Waals surface area contributed by atoms with Gasteiger partial charge in [0.2, 0.25) is 0 Å². The van der Waals surface area contributed by atoms with Crippen LogP contribution in [0.15, 0.2) is 70.6 Å². The van der Waals surface area contributed by atoms with E-state index >= 15 is 0 Å². The van der Waals surface area contributed by atoms with Crippen molar-refractivity contribution in [3.63, 3.8) is 0 Å². The molecule has 0 fully saturated rings. The van der Waals surface area contributed by atoms with Gasteiger partial charge in [-0.1, -0.05) is 29.8 Å². The third-order valence-corrected chi connectivity index (χ3v) is 5.46. The van der Waals surface area contributed by atoms with Gasteiger partial charge in [0.15, 0.2) is 0 Å². The second-order valence-corrected chi connectivity index (χ2v) is 7.01. The summed E-state index contributed by atoms with van der Waals surface area (Å²) in [6, 6.07) is 9.51. The van der Waals surface area contributed by atoms with Crippen LogP contribution in [-0.2, 0) is 0 Å². The number of aromatic nitrogens is 1. The van der Waals surface area contributed by atoms with Gasteiger partial charge in [0.1, 0.15) is 0 Å². The van der Waals surface area contributed by atoms with E-state index in [4.69, 9.17) is 11.6 Å². The molecule has 0 spiro atoms. The second-order valence-electron chi connectivity index (χ2n) is 6.61. The highest BCUT2D eigenvalue weighted by Gasteiger charge is 2.27. The van der Waals surface area contributed by atoms with E-state index in [1.54, 1.807) is 6.20 Å². The van der Waals surface area contributed by atoms with Crippen molar-refractivity contribution in [3.8, 4) is 0 Å². The molecule has 0 saturated carbocycles. The van der Waals surface area contributed by atoms with E-state index in [0.29, 0.717) is 13.0 Å². The summed E-state index contributed by atoms with van der Waals surface area (Å²) in [7, 11) is 0. The van der Waals surface area contributed by atoms with Gasteiger partial charge in [0.25, 0.3) is 0 Å². The smallest absolute Gasteiger partial charge is 0.307 e. The van der Waals surface area contributed by atoms with E-state index in [0.717, 1.165) is 45.7 Å². The maximum atomic E-state index is 12.9. The summed E-state index contributed by atoms with van der Waals surface area (Å²) in [6.07, 6.45) is 8.35. The Morgan fingerprint density at radius 2 is 2.08 bits per heavy atom. The quantitative estimate of drug-likeness (QED) is 0.716. The van der Waals surface area contributed by atoms with Crippen LogP contribution < -0.4 is 5.32 Å². The zero-order valence-corrected chi connectivity index (χ0v) is 15.4. The lowest BCUT2D eigenvalue weighted by atomic mass is 10.0. The summed E-state index contributed by atoms with van der Waals surface area (Å²) in [5.74, 6) is 0. The molecule has 4 nitrogen and oxygen atoms in total. The van der Waals surface area contributed by atoms with Crippen molar-refractivity contribution in [2.45, 2.75) is 26.2 Å². The minimum absolute atomic E-state index is 0.0999. The van der Waals surface area contributed by atoms with Gasteiger partial charge < -0.3 is 5.32 Å². The van der Waals surface area contributed by atoms with Crippen molar-refractivity contribution in [3.05, 3.63) is 70.6 Å². The number of hydrogen-bond acceptors (Lipinski definition) is 2. The third-order valence-electron chi connectivity index (χ3n) is 5.01. The average molecular weight is 366 g/mol. The molecule has 0 saturated heterocycles. The topological polar surface area (TPSA) is 45.2 Å². The van der Waals surface area contributed by atoms with Crippen LogP contribution in [0.25, 0.3) is 10.9 Å². The molecule has 2 heterocycles. The highest BCUT2D eigenvalue weighted by Crippen LogP contribution is 2.33. The number of fused-ring (bicyclic) bond motifs is 1. The summed E-state index contributed by atoms with van der Waals surface area (Å²) < 4.78 is 0. The number of nitrogens with zero attached hydrogens (tertiary/aromatic N) is 2. The monoisotopic (exact) mass is 365 g/mol. The van der Waals surface area contributed by atoms with Crippen LogP contribution in [0.4, 0.5) is 10.5 Å². The van der Waals surface area contributed by atoms with Gasteiger partial charge in [-0.25, -0.2) is 4.79 Å². The fourth-order valence-corrected chi connectivity index (χ4v) is 3.69. The van der Waals surface area contributed by atoms with Gasteiger partial charge in [-0.3, -0.25) is 9.88 Å². The van der Waals surface area contributed by atoms with Crippen LogP contribution in [0.2, 0.25) is 0 Å². The van der Waals surface area contributed by atoms with Crippen molar-refractivity contribution >= 4 is 34.2 Å². The van der Waals surface area contributed by atoms with Crippen molar-refractivity contribution in [2.24, 2.45) is 0 Å². The van der Waals surface area contributed by atoms with Crippen LogP contribution in [0.1, 0.15) is 26.2 Å². The minimum Gasteiger partial charge on any atom is -0.307 e. The molecule has 0 radical (unpaired) electrons. The molecule has 1 aliphatic carbocycles. The number of halogens is 1. The summed E-state index contributed by atoms with van der Waals surface area (Å²) >= 11 is 6.30. The standard InChI is InChI=1S/C21H20ClN3O/c1-14-7-8-15-11-13-25(20(15)10-9-17(14)22)21(26)24-19-6-2-5-18-16(19)4-3-12-23-18/h2-7,9,12H,8,10-11,13H2,1H3,(H,24,26)/b14-7-,17-9+. The van der Waals surface area contributed by atoms with Gasteiger partial charge in [0, 0.05) is 35.3 Å². The number of anilines is 1. The highest BCUT2D eigenvalue weighted by molar-refractivity contribution is 6.31. The molecule has 0 unspecified atom stereocenters. The van der Waals surface area contributed by atoms with Crippen LogP contribution in [0.5, 0.6) is 0 Å². The molecule has 2 amide bonds. The minimum atomic E-state index is -0.0999. The Morgan fingerprint density at radius 3 is 2.96 bits per heavy atom. The molecular weight excluding hydrogens is 346 g/mol. The Kier molecular flexibility index (Phi) is 4.51. The van der Waals surface area contributed by atoms with Crippen molar-refractivity contribution < 1.29 is 4.79 Å². The SMILES string of the molecule is CC1=C/CC2=C(C/C=C\1Cl)N(C(=O)Nc1cccc3ncccc13)CC2. The van der Waals surface area contributed by atoms with E-state index in [1.165, 1.54) is 5.57 Å². The predicted molar refractivity (Wildman–Crippen MR) is 106 cm³/mol. The molecular formula is C21H20ClN3O. The van der Waals surface area contributed by atoms with Crippen LogP contribution in [0.3, 0.4) is 0 Å². The molecule has 5 heteroatoms. The first-order valence-electron chi connectivity index (χ1n) is 8.79. The maximum Gasteiger partial charge on any atom is 0.326 e. The van der Waals surface area contributed by atoms with Crippen LogP contribution in [-0.4, -0.2) is 22.5 Å². The van der Waals surface area contributed by atoms with E-state index in [1.807, 2.05) is 48.2 Å². The normalized spacial score (nSPS) is 21.4.